The molecule has 0 bridgehead atoms. The zero-order valence-corrected chi connectivity index (χ0v) is 16.1. The molecule has 0 fully saturated rings. The van der Waals surface area contributed by atoms with E-state index in [1.807, 2.05) is 13.8 Å². The first-order chi connectivity index (χ1) is 12.1. The SMILES string of the molecule is COc1c(C)cnc(CN(C(=O)OC(C)(C)C)c2cccc(F)c2)c1C. The summed E-state index contributed by atoms with van der Waals surface area (Å²) in [6.07, 6.45) is 1.13. The average Bonchev–Trinajstić information content (AvgIpc) is 2.53. The van der Waals surface area contributed by atoms with Crippen molar-refractivity contribution in [3.8, 4) is 5.75 Å². The molecule has 0 radical (unpaired) electrons. The largest absolute Gasteiger partial charge is 0.496 e. The van der Waals surface area contributed by atoms with Crippen molar-refractivity contribution in [1.82, 2.24) is 4.98 Å². The third-order valence-electron chi connectivity index (χ3n) is 3.79. The van der Waals surface area contributed by atoms with Gasteiger partial charge in [0.05, 0.1) is 25.0 Å². The smallest absolute Gasteiger partial charge is 0.415 e. The summed E-state index contributed by atoms with van der Waals surface area (Å²) in [4.78, 5) is 18.5. The van der Waals surface area contributed by atoms with Crippen LogP contribution in [0.15, 0.2) is 30.5 Å². The number of hydrogen-bond acceptors (Lipinski definition) is 4. The van der Waals surface area contributed by atoms with Crippen molar-refractivity contribution in [2.24, 2.45) is 0 Å². The highest BCUT2D eigenvalue weighted by Gasteiger charge is 2.25. The lowest BCUT2D eigenvalue weighted by Gasteiger charge is -2.28. The number of methoxy groups -OCH3 is 1. The molecule has 6 heteroatoms. The van der Waals surface area contributed by atoms with Crippen LogP contribution in [0.2, 0.25) is 0 Å². The summed E-state index contributed by atoms with van der Waals surface area (Å²) in [7, 11) is 1.59. The van der Waals surface area contributed by atoms with E-state index in [0.29, 0.717) is 11.4 Å². The van der Waals surface area contributed by atoms with Gasteiger partial charge in [0, 0.05) is 17.3 Å². The van der Waals surface area contributed by atoms with E-state index in [1.165, 1.54) is 17.0 Å². The van der Waals surface area contributed by atoms with E-state index in [4.69, 9.17) is 9.47 Å². The highest BCUT2D eigenvalue weighted by molar-refractivity contribution is 5.87. The second-order valence-electron chi connectivity index (χ2n) is 7.09. The Bertz CT molecular complexity index is 800. The minimum atomic E-state index is -0.671. The molecule has 1 heterocycles. The Hall–Kier alpha value is -2.63. The molecule has 0 aliphatic rings. The van der Waals surface area contributed by atoms with Gasteiger partial charge >= 0.3 is 6.09 Å². The number of pyridine rings is 1. The van der Waals surface area contributed by atoms with Crippen LogP contribution >= 0.6 is 0 Å². The number of halogens is 1. The van der Waals surface area contributed by atoms with Crippen LogP contribution in [0.5, 0.6) is 5.75 Å². The van der Waals surface area contributed by atoms with Gasteiger partial charge in [-0.2, -0.15) is 0 Å². The second-order valence-corrected chi connectivity index (χ2v) is 7.09. The van der Waals surface area contributed by atoms with Gasteiger partial charge in [0.25, 0.3) is 0 Å². The summed E-state index contributed by atoms with van der Waals surface area (Å²) in [5, 5.41) is 0. The van der Waals surface area contributed by atoms with Crippen LogP contribution in [0.1, 0.15) is 37.6 Å². The molecule has 0 spiro atoms. The number of rotatable bonds is 4. The fourth-order valence-corrected chi connectivity index (χ4v) is 2.60. The topological polar surface area (TPSA) is 51.7 Å². The van der Waals surface area contributed by atoms with Crippen molar-refractivity contribution >= 4 is 11.8 Å². The van der Waals surface area contributed by atoms with Gasteiger partial charge in [-0.05, 0) is 52.8 Å². The first kappa shape index (κ1) is 19.7. The molecule has 0 saturated carbocycles. The molecule has 5 nitrogen and oxygen atoms in total. The number of benzene rings is 1. The maximum atomic E-state index is 13.7. The van der Waals surface area contributed by atoms with Gasteiger partial charge in [-0.15, -0.1) is 0 Å². The summed E-state index contributed by atoms with van der Waals surface area (Å²) in [6.45, 7) is 9.28. The summed E-state index contributed by atoms with van der Waals surface area (Å²) in [5.41, 5.74) is 2.12. The number of carbonyl (C=O) groups excluding carboxylic acids is 1. The number of aryl methyl sites for hydroxylation is 1. The maximum Gasteiger partial charge on any atom is 0.415 e. The standard InChI is InChI=1S/C20H25FN2O3/c1-13-11-22-17(14(2)18(13)25-6)12-23(19(24)26-20(3,4)5)16-9-7-8-15(21)10-16/h7-11H,12H2,1-6H3. The van der Waals surface area contributed by atoms with E-state index >= 15 is 0 Å². The lowest BCUT2D eigenvalue weighted by Crippen LogP contribution is -2.37. The molecule has 0 N–H and O–H groups in total. The molecule has 26 heavy (non-hydrogen) atoms. The molecule has 1 amide bonds. The minimum Gasteiger partial charge on any atom is -0.496 e. The van der Waals surface area contributed by atoms with Crippen LogP contribution in [0.3, 0.4) is 0 Å². The predicted octanol–water partition coefficient (Wildman–Crippen LogP) is 4.79. The van der Waals surface area contributed by atoms with Gasteiger partial charge in [-0.1, -0.05) is 6.07 Å². The van der Waals surface area contributed by atoms with E-state index in [0.717, 1.165) is 16.9 Å². The van der Waals surface area contributed by atoms with Crippen molar-refractivity contribution in [3.63, 3.8) is 0 Å². The molecule has 0 aliphatic heterocycles. The van der Waals surface area contributed by atoms with Crippen LogP contribution in [0.25, 0.3) is 0 Å². The molecule has 0 atom stereocenters. The number of hydrogen-bond donors (Lipinski definition) is 0. The number of amides is 1. The summed E-state index contributed by atoms with van der Waals surface area (Å²) < 4.78 is 24.6. The number of nitrogens with zero attached hydrogens (tertiary/aromatic N) is 2. The molecule has 0 aliphatic carbocycles. The highest BCUT2D eigenvalue weighted by Crippen LogP contribution is 2.27. The first-order valence-electron chi connectivity index (χ1n) is 8.37. The van der Waals surface area contributed by atoms with Crippen molar-refractivity contribution in [2.75, 3.05) is 12.0 Å². The number of anilines is 1. The zero-order valence-electron chi connectivity index (χ0n) is 16.1. The van der Waals surface area contributed by atoms with E-state index in [1.54, 1.807) is 46.2 Å². The molecular formula is C20H25FN2O3. The maximum absolute atomic E-state index is 13.7. The Morgan fingerprint density at radius 2 is 1.96 bits per heavy atom. The Kier molecular flexibility index (Phi) is 5.85. The van der Waals surface area contributed by atoms with Gasteiger partial charge in [0.2, 0.25) is 0 Å². The first-order valence-corrected chi connectivity index (χ1v) is 8.37. The minimum absolute atomic E-state index is 0.140. The Balaban J connectivity index is 2.44. The van der Waals surface area contributed by atoms with Crippen LogP contribution < -0.4 is 9.64 Å². The molecule has 2 aromatic rings. The average molecular weight is 360 g/mol. The fraction of sp³-hybridized carbons (Fsp3) is 0.400. The van der Waals surface area contributed by atoms with Crippen LogP contribution in [0, 0.1) is 19.7 Å². The van der Waals surface area contributed by atoms with Gasteiger partial charge in [0.15, 0.2) is 0 Å². The number of ether oxygens (including phenoxy) is 2. The van der Waals surface area contributed by atoms with E-state index in [9.17, 15) is 9.18 Å². The van der Waals surface area contributed by atoms with Crippen LogP contribution in [-0.4, -0.2) is 23.8 Å². The van der Waals surface area contributed by atoms with E-state index in [-0.39, 0.29) is 6.54 Å². The molecule has 2 rings (SSSR count). The van der Waals surface area contributed by atoms with Crippen LogP contribution in [-0.2, 0) is 11.3 Å². The Labute approximate surface area is 153 Å². The molecular weight excluding hydrogens is 335 g/mol. The van der Waals surface area contributed by atoms with Gasteiger partial charge in [-0.25, -0.2) is 9.18 Å². The lowest BCUT2D eigenvalue weighted by molar-refractivity contribution is 0.0577. The quantitative estimate of drug-likeness (QED) is 0.787. The lowest BCUT2D eigenvalue weighted by atomic mass is 10.1. The van der Waals surface area contributed by atoms with Crippen LogP contribution in [0.4, 0.5) is 14.9 Å². The Morgan fingerprint density at radius 3 is 2.54 bits per heavy atom. The zero-order chi connectivity index (χ0) is 19.5. The molecule has 1 aromatic carbocycles. The van der Waals surface area contributed by atoms with Crippen molar-refractivity contribution in [2.45, 2.75) is 46.8 Å². The van der Waals surface area contributed by atoms with Gasteiger partial charge in [-0.3, -0.25) is 9.88 Å². The van der Waals surface area contributed by atoms with E-state index < -0.39 is 17.5 Å². The predicted molar refractivity (Wildman–Crippen MR) is 99.1 cm³/mol. The third kappa shape index (κ3) is 4.71. The summed E-state index contributed by atoms with van der Waals surface area (Å²) in [5.74, 6) is 0.292. The van der Waals surface area contributed by atoms with Crippen molar-refractivity contribution in [1.29, 1.82) is 0 Å². The summed E-state index contributed by atoms with van der Waals surface area (Å²) in [6, 6.07) is 5.84. The Morgan fingerprint density at radius 1 is 1.27 bits per heavy atom. The second kappa shape index (κ2) is 7.72. The molecule has 0 saturated heterocycles. The molecule has 0 unspecified atom stereocenters. The third-order valence-corrected chi connectivity index (χ3v) is 3.79. The number of carbonyl (C=O) groups is 1. The normalized spacial score (nSPS) is 11.2. The highest BCUT2D eigenvalue weighted by atomic mass is 19.1. The molecule has 1 aromatic heterocycles. The monoisotopic (exact) mass is 360 g/mol. The summed E-state index contributed by atoms with van der Waals surface area (Å²) >= 11 is 0. The van der Waals surface area contributed by atoms with Gasteiger partial charge < -0.3 is 9.47 Å². The van der Waals surface area contributed by atoms with Gasteiger partial charge in [0.1, 0.15) is 17.2 Å². The van der Waals surface area contributed by atoms with E-state index in [2.05, 4.69) is 4.98 Å². The number of aromatic nitrogens is 1. The van der Waals surface area contributed by atoms with Crippen molar-refractivity contribution < 1.29 is 18.7 Å². The van der Waals surface area contributed by atoms with Crippen molar-refractivity contribution in [3.05, 3.63) is 53.1 Å². The fourth-order valence-electron chi connectivity index (χ4n) is 2.60. The molecule has 140 valence electrons.